The first-order valence-electron chi connectivity index (χ1n) is 10.7. The van der Waals surface area contributed by atoms with Gasteiger partial charge in [0.1, 0.15) is 16.7 Å². The highest BCUT2D eigenvalue weighted by Crippen LogP contribution is 2.43. The molecule has 2 aliphatic rings. The molecule has 1 aliphatic carbocycles. The second-order valence-corrected chi connectivity index (χ2v) is 10.5. The Labute approximate surface area is 195 Å². The Balaban J connectivity index is 1.76. The molecule has 8 heteroatoms. The molecule has 1 N–H and O–H groups in total. The summed E-state index contributed by atoms with van der Waals surface area (Å²) >= 11 is 1.51. The number of ether oxygens (including phenoxy) is 1. The van der Waals surface area contributed by atoms with E-state index in [1.165, 1.54) is 24.6 Å². The van der Waals surface area contributed by atoms with E-state index in [-0.39, 0.29) is 6.04 Å². The third-order valence-corrected chi connectivity index (χ3v) is 8.26. The van der Waals surface area contributed by atoms with Gasteiger partial charge >= 0.3 is 5.97 Å². The Morgan fingerprint density at radius 2 is 2.00 bits per heavy atom. The second kappa shape index (κ2) is 10.1. The Bertz CT molecular complexity index is 1020. The van der Waals surface area contributed by atoms with Crippen LogP contribution in [0.15, 0.2) is 64.6 Å². The number of hydrogen-bond donors (Lipinski definition) is 1. The molecule has 1 aliphatic heterocycles. The molecule has 0 aromatic heterocycles. The van der Waals surface area contributed by atoms with Crippen LogP contribution < -0.4 is 9.64 Å². The molecule has 2 aromatic rings. The Hall–Kier alpha value is -2.29. The van der Waals surface area contributed by atoms with E-state index in [1.54, 1.807) is 6.07 Å². The number of carboxylic acid groups (broad SMARTS) is 1. The van der Waals surface area contributed by atoms with Gasteiger partial charge in [-0.15, -0.1) is 11.8 Å². The molecule has 0 bridgehead atoms. The predicted molar refractivity (Wildman–Crippen MR) is 129 cm³/mol. The van der Waals surface area contributed by atoms with Crippen molar-refractivity contribution in [3.63, 3.8) is 0 Å². The van der Waals surface area contributed by atoms with Gasteiger partial charge in [0, 0.05) is 31.4 Å². The number of carbonyl (C=O) groups is 1. The fourth-order valence-electron chi connectivity index (χ4n) is 3.97. The van der Waals surface area contributed by atoms with E-state index >= 15 is 0 Å². The summed E-state index contributed by atoms with van der Waals surface area (Å²) < 4.78 is 21.3. The Morgan fingerprint density at radius 1 is 1.25 bits per heavy atom. The fraction of sp³-hybridized carbons (Fsp3) is 0.375. The lowest BCUT2D eigenvalue weighted by Crippen LogP contribution is -2.38. The molecule has 1 heterocycles. The maximum atomic E-state index is 13.7. The first-order chi connectivity index (χ1) is 15.5. The summed E-state index contributed by atoms with van der Waals surface area (Å²) in [4.78, 5) is 14.6. The minimum atomic E-state index is -1.37. The van der Waals surface area contributed by atoms with Gasteiger partial charge in [-0.05, 0) is 43.2 Å². The molecule has 4 rings (SSSR count). The van der Waals surface area contributed by atoms with Crippen LogP contribution in [-0.2, 0) is 15.8 Å². The number of hydrogen-bond acceptors (Lipinski definition) is 5. The van der Waals surface area contributed by atoms with E-state index in [0.717, 1.165) is 53.9 Å². The number of para-hydroxylation sites is 1. The van der Waals surface area contributed by atoms with Crippen LogP contribution in [0.1, 0.15) is 25.7 Å². The quantitative estimate of drug-likeness (QED) is 0.329. The molecule has 1 fully saturated rings. The van der Waals surface area contributed by atoms with Crippen LogP contribution in [0.3, 0.4) is 0 Å². The number of benzene rings is 2. The van der Waals surface area contributed by atoms with Gasteiger partial charge in [0.15, 0.2) is 0 Å². The van der Waals surface area contributed by atoms with Gasteiger partial charge in [0.25, 0.3) is 0 Å². The number of aliphatic carboxylic acids is 1. The van der Waals surface area contributed by atoms with E-state index < -0.39 is 17.0 Å². The maximum Gasteiger partial charge on any atom is 0.331 e. The lowest BCUT2D eigenvalue weighted by molar-refractivity contribution is -0.131. The van der Waals surface area contributed by atoms with Gasteiger partial charge in [0.05, 0.1) is 27.8 Å². The highest BCUT2D eigenvalue weighted by Gasteiger charge is 2.34. The van der Waals surface area contributed by atoms with Crippen molar-refractivity contribution in [2.24, 2.45) is 5.92 Å². The SMILES string of the molecule is CSc1cc2c(cc1O/C=C/C(=O)O)S(=O)N(C)C(CCC1CC1)CN2c1ccccc1. The Kier molecular flexibility index (Phi) is 7.23. The van der Waals surface area contributed by atoms with Crippen LogP contribution in [0, 0.1) is 5.92 Å². The molecule has 0 saturated heterocycles. The smallest absolute Gasteiger partial charge is 0.331 e. The molecule has 2 atom stereocenters. The summed E-state index contributed by atoms with van der Waals surface area (Å²) in [5.74, 6) is 0.235. The van der Waals surface area contributed by atoms with E-state index in [9.17, 15) is 9.00 Å². The minimum absolute atomic E-state index is 0.151. The first-order valence-corrected chi connectivity index (χ1v) is 13.1. The summed E-state index contributed by atoms with van der Waals surface area (Å²) in [7, 11) is 0.561. The summed E-state index contributed by atoms with van der Waals surface area (Å²) in [6.45, 7) is 0.749. The zero-order valence-electron chi connectivity index (χ0n) is 18.3. The third-order valence-electron chi connectivity index (χ3n) is 5.97. The van der Waals surface area contributed by atoms with Crippen molar-refractivity contribution >= 4 is 40.1 Å². The topological polar surface area (TPSA) is 70.1 Å². The highest BCUT2D eigenvalue weighted by atomic mass is 32.2. The van der Waals surface area contributed by atoms with Crippen molar-refractivity contribution in [3.05, 3.63) is 54.8 Å². The van der Waals surface area contributed by atoms with Crippen molar-refractivity contribution in [2.45, 2.75) is 41.5 Å². The van der Waals surface area contributed by atoms with Crippen molar-refractivity contribution in [3.8, 4) is 5.75 Å². The summed E-state index contributed by atoms with van der Waals surface area (Å²) in [5, 5.41) is 8.87. The third kappa shape index (κ3) is 5.19. The molecule has 170 valence electrons. The van der Waals surface area contributed by atoms with E-state index in [1.807, 2.05) is 41.9 Å². The van der Waals surface area contributed by atoms with Crippen LogP contribution >= 0.6 is 11.8 Å². The van der Waals surface area contributed by atoms with Crippen LogP contribution in [0.25, 0.3) is 0 Å². The summed E-state index contributed by atoms with van der Waals surface area (Å²) in [5.41, 5.74) is 1.96. The average molecular weight is 473 g/mol. The van der Waals surface area contributed by atoms with Crippen LogP contribution in [0.5, 0.6) is 5.75 Å². The zero-order chi connectivity index (χ0) is 22.7. The van der Waals surface area contributed by atoms with Crippen molar-refractivity contribution in [1.29, 1.82) is 0 Å². The van der Waals surface area contributed by atoms with Gasteiger partial charge in [-0.2, -0.15) is 0 Å². The molecule has 2 aromatic carbocycles. The Morgan fingerprint density at radius 3 is 2.66 bits per heavy atom. The monoisotopic (exact) mass is 472 g/mol. The van der Waals surface area contributed by atoms with Crippen LogP contribution in [-0.4, -0.2) is 45.5 Å². The van der Waals surface area contributed by atoms with E-state index in [4.69, 9.17) is 9.84 Å². The normalized spacial score (nSPS) is 21.4. The van der Waals surface area contributed by atoms with Gasteiger partial charge < -0.3 is 14.7 Å². The first kappa shape index (κ1) is 22.9. The van der Waals surface area contributed by atoms with Gasteiger partial charge in [-0.3, -0.25) is 0 Å². The molecule has 2 unspecified atom stereocenters. The fourth-order valence-corrected chi connectivity index (χ4v) is 5.82. The molecular weight excluding hydrogens is 444 g/mol. The summed E-state index contributed by atoms with van der Waals surface area (Å²) in [6, 6.07) is 14.1. The number of thioether (sulfide) groups is 1. The number of likely N-dealkylation sites (N-methyl/N-ethyl adjacent to an activating group) is 1. The van der Waals surface area contributed by atoms with Crippen LogP contribution in [0.4, 0.5) is 11.4 Å². The zero-order valence-corrected chi connectivity index (χ0v) is 19.9. The second-order valence-electron chi connectivity index (χ2n) is 8.15. The molecule has 0 radical (unpaired) electrons. The average Bonchev–Trinajstić information content (AvgIpc) is 3.63. The van der Waals surface area contributed by atoms with E-state index in [2.05, 4.69) is 17.0 Å². The predicted octanol–water partition coefficient (Wildman–Crippen LogP) is 5.05. The van der Waals surface area contributed by atoms with Gasteiger partial charge in [-0.1, -0.05) is 31.0 Å². The number of nitrogens with zero attached hydrogens (tertiary/aromatic N) is 2. The largest absolute Gasteiger partial charge is 0.478 e. The lowest BCUT2D eigenvalue weighted by atomic mass is 10.1. The number of anilines is 2. The number of carboxylic acids is 1. The van der Waals surface area contributed by atoms with Crippen molar-refractivity contribution < 1.29 is 18.8 Å². The molecule has 0 spiro atoms. The molecule has 32 heavy (non-hydrogen) atoms. The van der Waals surface area contributed by atoms with E-state index in [0.29, 0.717) is 10.6 Å². The number of fused-ring (bicyclic) bond motifs is 1. The molecule has 0 amide bonds. The maximum absolute atomic E-state index is 13.7. The molecule has 6 nitrogen and oxygen atoms in total. The molecular formula is C24H28N2O4S2. The number of rotatable bonds is 8. The highest BCUT2D eigenvalue weighted by molar-refractivity contribution is 7.98. The van der Waals surface area contributed by atoms with Gasteiger partial charge in [-0.25, -0.2) is 13.3 Å². The van der Waals surface area contributed by atoms with Gasteiger partial charge in [0.2, 0.25) is 0 Å². The standard InChI is InChI=1S/C24H28N2O4S2/c1-25-19(11-10-17-8-9-17)16-26(18-6-4-3-5-7-18)20-14-22(31-2)21(15-23(20)32(25)29)30-13-12-24(27)28/h3-7,12-15,17,19H,8-11,16H2,1-2H3,(H,27,28)/b13-12+. The summed E-state index contributed by atoms with van der Waals surface area (Å²) in [6.07, 6.45) is 8.83. The van der Waals surface area contributed by atoms with Crippen molar-refractivity contribution in [1.82, 2.24) is 4.31 Å². The van der Waals surface area contributed by atoms with Crippen LogP contribution in [0.2, 0.25) is 0 Å². The molecule has 1 saturated carbocycles. The lowest BCUT2D eigenvalue weighted by Gasteiger charge is -2.30. The van der Waals surface area contributed by atoms with Crippen molar-refractivity contribution in [2.75, 3.05) is 24.7 Å². The minimum Gasteiger partial charge on any atom is -0.478 e.